The normalized spacial score (nSPS) is 10.6. The molecule has 0 bridgehead atoms. The maximum Gasteiger partial charge on any atom is 0.350 e. The molecule has 90 valence electrons. The molecule has 0 aliphatic heterocycles. The van der Waals surface area contributed by atoms with Gasteiger partial charge in [0.2, 0.25) is 0 Å². The molecular formula is C11H18N2O2S. The van der Waals surface area contributed by atoms with Crippen LogP contribution in [0.15, 0.2) is 6.07 Å². The fourth-order valence-corrected chi connectivity index (χ4v) is 2.44. The van der Waals surface area contributed by atoms with Crippen LogP contribution in [0, 0.1) is 5.92 Å². The molecule has 0 saturated carbocycles. The Balaban J connectivity index is 2.87. The van der Waals surface area contributed by atoms with Gasteiger partial charge in [-0.15, -0.1) is 11.3 Å². The first-order valence-corrected chi connectivity index (χ1v) is 5.96. The molecule has 0 saturated heterocycles. The highest BCUT2D eigenvalue weighted by atomic mass is 32.1. The van der Waals surface area contributed by atoms with Crippen LogP contribution >= 0.6 is 11.3 Å². The summed E-state index contributed by atoms with van der Waals surface area (Å²) in [6.45, 7) is 5.23. The fraction of sp³-hybridized carbons (Fsp3) is 0.545. The lowest BCUT2D eigenvalue weighted by Gasteiger charge is -2.18. The molecule has 16 heavy (non-hydrogen) atoms. The number of hydrogen-bond acceptors (Lipinski definition) is 5. The van der Waals surface area contributed by atoms with Gasteiger partial charge in [0.25, 0.3) is 0 Å². The maximum absolute atomic E-state index is 11.4. The minimum atomic E-state index is -0.369. The molecule has 1 aromatic rings. The smallest absolute Gasteiger partial charge is 0.350 e. The summed E-state index contributed by atoms with van der Waals surface area (Å²) in [5, 5.41) is 0.992. The number of methoxy groups -OCH3 is 1. The zero-order chi connectivity index (χ0) is 12.3. The quantitative estimate of drug-likeness (QED) is 0.822. The molecule has 0 amide bonds. The predicted octanol–water partition coefficient (Wildman–Crippen LogP) is 2.21. The first-order chi connectivity index (χ1) is 7.45. The van der Waals surface area contributed by atoms with E-state index in [4.69, 9.17) is 5.73 Å². The minimum Gasteiger partial charge on any atom is -0.465 e. The van der Waals surface area contributed by atoms with Crippen LogP contribution in [-0.4, -0.2) is 26.7 Å². The summed E-state index contributed by atoms with van der Waals surface area (Å²) in [5.41, 5.74) is 6.26. The zero-order valence-corrected chi connectivity index (χ0v) is 10.9. The van der Waals surface area contributed by atoms with Crippen molar-refractivity contribution < 1.29 is 9.53 Å². The molecule has 0 radical (unpaired) electrons. The van der Waals surface area contributed by atoms with E-state index in [9.17, 15) is 4.79 Å². The molecule has 1 heterocycles. The molecular weight excluding hydrogens is 224 g/mol. The van der Waals surface area contributed by atoms with Crippen LogP contribution in [0.5, 0.6) is 0 Å². The molecule has 0 unspecified atom stereocenters. The van der Waals surface area contributed by atoms with E-state index in [1.54, 1.807) is 0 Å². The molecule has 0 aliphatic carbocycles. The number of carbonyl (C=O) groups is 1. The lowest BCUT2D eigenvalue weighted by molar-refractivity contribution is 0.0607. The fourth-order valence-electron chi connectivity index (χ4n) is 1.47. The van der Waals surface area contributed by atoms with Gasteiger partial charge in [0.1, 0.15) is 4.88 Å². The summed E-state index contributed by atoms with van der Waals surface area (Å²) in [7, 11) is 3.35. The third kappa shape index (κ3) is 2.88. The summed E-state index contributed by atoms with van der Waals surface area (Å²) in [6, 6.07) is 1.82. The summed E-state index contributed by atoms with van der Waals surface area (Å²) in [4.78, 5) is 14.0. The van der Waals surface area contributed by atoms with Gasteiger partial charge in [0, 0.05) is 13.6 Å². The number of nitrogens with zero attached hydrogens (tertiary/aromatic N) is 1. The van der Waals surface area contributed by atoms with E-state index in [0.29, 0.717) is 16.5 Å². The number of esters is 1. The van der Waals surface area contributed by atoms with Crippen LogP contribution in [0.2, 0.25) is 0 Å². The Morgan fingerprint density at radius 1 is 1.62 bits per heavy atom. The van der Waals surface area contributed by atoms with Gasteiger partial charge in [-0.25, -0.2) is 4.79 Å². The molecule has 0 fully saturated rings. The second kappa shape index (κ2) is 5.21. The van der Waals surface area contributed by atoms with Crippen LogP contribution in [0.25, 0.3) is 0 Å². The molecule has 5 heteroatoms. The molecule has 4 nitrogen and oxygen atoms in total. The van der Waals surface area contributed by atoms with Crippen LogP contribution in [0.1, 0.15) is 23.5 Å². The van der Waals surface area contributed by atoms with Gasteiger partial charge in [-0.05, 0) is 12.0 Å². The van der Waals surface area contributed by atoms with E-state index in [-0.39, 0.29) is 5.97 Å². The van der Waals surface area contributed by atoms with Crippen molar-refractivity contribution in [3.8, 4) is 0 Å². The lowest BCUT2D eigenvalue weighted by atomic mass is 10.2. The standard InChI is InChI=1S/C11H18N2O2S/c1-7(2)6-13(3)9-5-8(12)10(16-9)11(14)15-4/h5,7H,6,12H2,1-4H3. The highest BCUT2D eigenvalue weighted by Crippen LogP contribution is 2.32. The van der Waals surface area contributed by atoms with Crippen LogP contribution in [-0.2, 0) is 4.74 Å². The van der Waals surface area contributed by atoms with Crippen molar-refractivity contribution in [2.75, 3.05) is 31.3 Å². The monoisotopic (exact) mass is 242 g/mol. The van der Waals surface area contributed by atoms with E-state index >= 15 is 0 Å². The van der Waals surface area contributed by atoms with Gasteiger partial charge >= 0.3 is 5.97 Å². The van der Waals surface area contributed by atoms with Crippen molar-refractivity contribution in [2.45, 2.75) is 13.8 Å². The number of anilines is 2. The van der Waals surface area contributed by atoms with E-state index in [1.165, 1.54) is 18.4 Å². The van der Waals surface area contributed by atoms with Gasteiger partial charge in [0.05, 0.1) is 17.8 Å². The second-order valence-corrected chi connectivity index (χ2v) is 5.17. The molecule has 0 aliphatic rings. The third-order valence-corrected chi connectivity index (χ3v) is 3.38. The van der Waals surface area contributed by atoms with E-state index in [2.05, 4.69) is 23.5 Å². The number of hydrogen-bond donors (Lipinski definition) is 1. The van der Waals surface area contributed by atoms with Gasteiger partial charge < -0.3 is 15.4 Å². The van der Waals surface area contributed by atoms with Crippen molar-refractivity contribution in [3.05, 3.63) is 10.9 Å². The van der Waals surface area contributed by atoms with Crippen molar-refractivity contribution in [1.82, 2.24) is 0 Å². The van der Waals surface area contributed by atoms with Crippen molar-refractivity contribution in [3.63, 3.8) is 0 Å². The predicted molar refractivity (Wildman–Crippen MR) is 68.2 cm³/mol. The maximum atomic E-state index is 11.4. The number of nitrogens with two attached hydrogens (primary N) is 1. The third-order valence-electron chi connectivity index (χ3n) is 2.13. The van der Waals surface area contributed by atoms with Gasteiger partial charge in [-0.1, -0.05) is 13.8 Å². The van der Waals surface area contributed by atoms with E-state index in [0.717, 1.165) is 11.5 Å². The largest absolute Gasteiger partial charge is 0.465 e. The average molecular weight is 242 g/mol. The Hall–Kier alpha value is -1.23. The Kier molecular flexibility index (Phi) is 4.18. The number of rotatable bonds is 4. The van der Waals surface area contributed by atoms with Crippen LogP contribution in [0.4, 0.5) is 10.7 Å². The summed E-state index contributed by atoms with van der Waals surface area (Å²) < 4.78 is 4.66. The van der Waals surface area contributed by atoms with Crippen LogP contribution < -0.4 is 10.6 Å². The molecule has 0 aromatic carbocycles. The van der Waals surface area contributed by atoms with Crippen molar-refractivity contribution >= 4 is 28.0 Å². The summed E-state index contributed by atoms with van der Waals surface area (Å²) >= 11 is 1.37. The van der Waals surface area contributed by atoms with Gasteiger partial charge in [-0.2, -0.15) is 0 Å². The minimum absolute atomic E-state index is 0.369. The number of carbonyl (C=O) groups excluding carboxylic acids is 1. The number of ether oxygens (including phenoxy) is 1. The summed E-state index contributed by atoms with van der Waals surface area (Å²) in [5.74, 6) is 0.196. The molecule has 0 atom stereocenters. The topological polar surface area (TPSA) is 55.6 Å². The van der Waals surface area contributed by atoms with Crippen molar-refractivity contribution in [1.29, 1.82) is 0 Å². The van der Waals surface area contributed by atoms with E-state index in [1.807, 2.05) is 13.1 Å². The Morgan fingerprint density at radius 3 is 2.75 bits per heavy atom. The number of thiophene rings is 1. The molecule has 1 rings (SSSR count). The van der Waals surface area contributed by atoms with Crippen molar-refractivity contribution in [2.24, 2.45) is 5.92 Å². The average Bonchev–Trinajstić information content (AvgIpc) is 2.58. The lowest BCUT2D eigenvalue weighted by Crippen LogP contribution is -2.21. The zero-order valence-electron chi connectivity index (χ0n) is 10.1. The highest BCUT2D eigenvalue weighted by Gasteiger charge is 2.16. The Labute approximate surface area is 100 Å². The SMILES string of the molecule is COC(=O)c1sc(N(C)CC(C)C)cc1N. The first kappa shape index (κ1) is 12.8. The summed E-state index contributed by atoms with van der Waals surface area (Å²) in [6.07, 6.45) is 0. The van der Waals surface area contributed by atoms with E-state index < -0.39 is 0 Å². The Bertz CT molecular complexity index is 374. The van der Waals surface area contributed by atoms with Gasteiger partial charge in [-0.3, -0.25) is 0 Å². The highest BCUT2D eigenvalue weighted by molar-refractivity contribution is 7.18. The second-order valence-electron chi connectivity index (χ2n) is 4.14. The Morgan fingerprint density at radius 2 is 2.25 bits per heavy atom. The molecule has 1 aromatic heterocycles. The number of nitrogen functional groups attached to an aromatic ring is 1. The molecule has 0 spiro atoms. The van der Waals surface area contributed by atoms with Crippen LogP contribution in [0.3, 0.4) is 0 Å². The first-order valence-electron chi connectivity index (χ1n) is 5.14. The molecule has 2 N–H and O–H groups in total. The van der Waals surface area contributed by atoms with Gasteiger partial charge in [0.15, 0.2) is 0 Å².